The molecular formula is C12H11ClN2OS2. The van der Waals surface area contributed by atoms with Crippen molar-refractivity contribution in [2.24, 2.45) is 0 Å². The molecule has 0 fully saturated rings. The van der Waals surface area contributed by atoms with Gasteiger partial charge >= 0.3 is 0 Å². The van der Waals surface area contributed by atoms with E-state index in [1.54, 1.807) is 24.3 Å². The van der Waals surface area contributed by atoms with E-state index in [2.05, 4.69) is 9.36 Å². The van der Waals surface area contributed by atoms with E-state index >= 15 is 0 Å². The van der Waals surface area contributed by atoms with Crippen molar-refractivity contribution in [2.75, 3.05) is 5.75 Å². The second-order valence-corrected chi connectivity index (χ2v) is 5.96. The number of carbonyl (C=O) groups is 1. The molecule has 94 valence electrons. The molecule has 0 unspecified atom stereocenters. The molecule has 1 heterocycles. The van der Waals surface area contributed by atoms with Gasteiger partial charge in [-0.3, -0.25) is 4.79 Å². The van der Waals surface area contributed by atoms with Crippen molar-refractivity contribution in [3.63, 3.8) is 0 Å². The Kier molecular flexibility index (Phi) is 4.74. The van der Waals surface area contributed by atoms with Gasteiger partial charge in [0.05, 0.1) is 5.75 Å². The molecule has 3 nitrogen and oxygen atoms in total. The Balaban J connectivity index is 1.96. The summed E-state index contributed by atoms with van der Waals surface area (Å²) in [6, 6.07) is 6.98. The largest absolute Gasteiger partial charge is 0.293 e. The van der Waals surface area contributed by atoms with E-state index in [9.17, 15) is 4.79 Å². The summed E-state index contributed by atoms with van der Waals surface area (Å²) in [6.45, 7) is 2.01. The molecule has 0 amide bonds. The molecule has 0 aliphatic carbocycles. The molecule has 1 aromatic carbocycles. The third-order valence-electron chi connectivity index (χ3n) is 2.24. The average molecular weight is 299 g/mol. The first kappa shape index (κ1) is 13.5. The number of benzene rings is 1. The quantitative estimate of drug-likeness (QED) is 0.623. The van der Waals surface area contributed by atoms with E-state index in [0.29, 0.717) is 16.3 Å². The minimum Gasteiger partial charge on any atom is -0.293 e. The summed E-state index contributed by atoms with van der Waals surface area (Å²) in [5, 5.41) is 0.579. The first-order chi connectivity index (χ1) is 8.69. The molecule has 0 aliphatic heterocycles. The highest BCUT2D eigenvalue weighted by molar-refractivity contribution is 8.01. The molecule has 2 aromatic rings. The summed E-state index contributed by atoms with van der Waals surface area (Å²) < 4.78 is 5.01. The van der Waals surface area contributed by atoms with Crippen LogP contribution in [0.5, 0.6) is 0 Å². The van der Waals surface area contributed by atoms with Crippen LogP contribution in [0.4, 0.5) is 0 Å². The van der Waals surface area contributed by atoms with Crippen molar-refractivity contribution in [3.8, 4) is 0 Å². The Morgan fingerprint density at radius 1 is 1.50 bits per heavy atom. The zero-order chi connectivity index (χ0) is 13.0. The first-order valence-corrected chi connectivity index (χ1v) is 7.57. The lowest BCUT2D eigenvalue weighted by Gasteiger charge is -1.99. The van der Waals surface area contributed by atoms with Crippen molar-refractivity contribution in [1.82, 2.24) is 9.36 Å². The summed E-state index contributed by atoms with van der Waals surface area (Å²) in [7, 11) is 0. The van der Waals surface area contributed by atoms with Crippen molar-refractivity contribution in [1.29, 1.82) is 0 Å². The Morgan fingerprint density at radius 3 is 3.00 bits per heavy atom. The van der Waals surface area contributed by atoms with E-state index in [1.807, 2.05) is 6.92 Å². The van der Waals surface area contributed by atoms with Gasteiger partial charge < -0.3 is 0 Å². The summed E-state index contributed by atoms with van der Waals surface area (Å²) >= 11 is 8.60. The molecule has 0 bridgehead atoms. The number of carbonyl (C=O) groups excluding carboxylic acids is 1. The first-order valence-electron chi connectivity index (χ1n) is 5.43. The molecular weight excluding hydrogens is 288 g/mol. The van der Waals surface area contributed by atoms with Gasteiger partial charge in [-0.2, -0.15) is 4.37 Å². The fourth-order valence-electron chi connectivity index (χ4n) is 1.31. The predicted molar refractivity (Wildman–Crippen MR) is 75.8 cm³/mol. The number of hydrogen-bond acceptors (Lipinski definition) is 5. The van der Waals surface area contributed by atoms with Crippen LogP contribution < -0.4 is 0 Å². The number of thioether (sulfide) groups is 1. The lowest BCUT2D eigenvalue weighted by Crippen LogP contribution is -2.01. The zero-order valence-electron chi connectivity index (χ0n) is 9.72. The number of ketones is 1. The molecule has 0 saturated heterocycles. The van der Waals surface area contributed by atoms with Gasteiger partial charge in [0, 0.05) is 17.0 Å². The standard InChI is InChI=1S/C12H11ClN2OS2/c1-2-11-14-12(18-15-11)17-7-10(16)8-4-3-5-9(13)6-8/h3-6H,2,7H2,1H3. The van der Waals surface area contributed by atoms with Crippen LogP contribution in [0.1, 0.15) is 23.1 Å². The molecule has 0 radical (unpaired) electrons. The maximum Gasteiger partial charge on any atom is 0.173 e. The van der Waals surface area contributed by atoms with Crippen LogP contribution >= 0.6 is 34.9 Å². The fraction of sp³-hybridized carbons (Fsp3) is 0.250. The highest BCUT2D eigenvalue weighted by Crippen LogP contribution is 2.22. The van der Waals surface area contributed by atoms with Crippen LogP contribution in [0.25, 0.3) is 0 Å². The maximum atomic E-state index is 11.9. The van der Waals surface area contributed by atoms with Gasteiger partial charge in [0.1, 0.15) is 5.82 Å². The van der Waals surface area contributed by atoms with Gasteiger partial charge in [-0.15, -0.1) is 0 Å². The van der Waals surface area contributed by atoms with Crippen LogP contribution in [-0.2, 0) is 6.42 Å². The maximum absolute atomic E-state index is 11.9. The molecule has 0 aliphatic rings. The van der Waals surface area contributed by atoms with E-state index < -0.39 is 0 Å². The monoisotopic (exact) mass is 298 g/mol. The second kappa shape index (κ2) is 6.31. The Labute approximate surface area is 119 Å². The number of rotatable bonds is 5. The number of Topliss-reactive ketones (excluding diaryl/α,β-unsaturated/α-hetero) is 1. The summed E-state index contributed by atoms with van der Waals surface area (Å²) in [4.78, 5) is 16.2. The van der Waals surface area contributed by atoms with Crippen molar-refractivity contribution in [2.45, 2.75) is 17.7 Å². The smallest absolute Gasteiger partial charge is 0.173 e. The van der Waals surface area contributed by atoms with E-state index in [1.165, 1.54) is 23.3 Å². The van der Waals surface area contributed by atoms with Gasteiger partial charge in [0.15, 0.2) is 10.1 Å². The van der Waals surface area contributed by atoms with Gasteiger partial charge in [-0.25, -0.2) is 4.98 Å². The SMILES string of the molecule is CCc1nsc(SCC(=O)c2cccc(Cl)c2)n1. The predicted octanol–water partition coefficient (Wildman–Crippen LogP) is 3.73. The third kappa shape index (κ3) is 3.54. The summed E-state index contributed by atoms with van der Waals surface area (Å²) in [5.74, 6) is 1.24. The summed E-state index contributed by atoms with van der Waals surface area (Å²) in [6.07, 6.45) is 0.819. The van der Waals surface area contributed by atoms with Gasteiger partial charge in [-0.05, 0) is 23.7 Å². The Morgan fingerprint density at radius 2 is 2.33 bits per heavy atom. The number of aromatic nitrogens is 2. The molecule has 0 N–H and O–H groups in total. The molecule has 6 heteroatoms. The van der Waals surface area contributed by atoms with Gasteiger partial charge in [0.25, 0.3) is 0 Å². The fourth-order valence-corrected chi connectivity index (χ4v) is 3.09. The topological polar surface area (TPSA) is 42.9 Å². The van der Waals surface area contributed by atoms with Crippen molar-refractivity contribution >= 4 is 40.7 Å². The summed E-state index contributed by atoms with van der Waals surface area (Å²) in [5.41, 5.74) is 0.634. The molecule has 0 atom stereocenters. The third-order valence-corrected chi connectivity index (χ3v) is 4.35. The Hall–Kier alpha value is -0.910. The normalized spacial score (nSPS) is 10.6. The lowest BCUT2D eigenvalue weighted by molar-refractivity contribution is 0.102. The van der Waals surface area contributed by atoms with Gasteiger partial charge in [-0.1, -0.05) is 42.4 Å². The van der Waals surface area contributed by atoms with Crippen LogP contribution in [0.2, 0.25) is 5.02 Å². The average Bonchev–Trinajstić information content (AvgIpc) is 2.84. The van der Waals surface area contributed by atoms with E-state index in [4.69, 9.17) is 11.6 Å². The van der Waals surface area contributed by atoms with E-state index in [0.717, 1.165) is 16.6 Å². The lowest BCUT2D eigenvalue weighted by atomic mass is 10.1. The van der Waals surface area contributed by atoms with E-state index in [-0.39, 0.29) is 5.78 Å². The van der Waals surface area contributed by atoms with Crippen LogP contribution in [-0.4, -0.2) is 20.9 Å². The highest BCUT2D eigenvalue weighted by Gasteiger charge is 2.09. The van der Waals surface area contributed by atoms with Crippen LogP contribution in [0.15, 0.2) is 28.6 Å². The van der Waals surface area contributed by atoms with Gasteiger partial charge in [0.2, 0.25) is 0 Å². The highest BCUT2D eigenvalue weighted by atomic mass is 35.5. The van der Waals surface area contributed by atoms with Crippen molar-refractivity contribution in [3.05, 3.63) is 40.7 Å². The van der Waals surface area contributed by atoms with Crippen LogP contribution in [0.3, 0.4) is 0 Å². The Bertz CT molecular complexity index is 557. The molecule has 1 aromatic heterocycles. The van der Waals surface area contributed by atoms with Crippen molar-refractivity contribution < 1.29 is 4.79 Å². The number of hydrogen-bond donors (Lipinski definition) is 0. The molecule has 18 heavy (non-hydrogen) atoms. The number of nitrogens with zero attached hydrogens (tertiary/aromatic N) is 2. The number of halogens is 1. The minimum atomic E-state index is 0.0516. The molecule has 2 rings (SSSR count). The van der Waals surface area contributed by atoms with Crippen LogP contribution in [0, 0.1) is 0 Å². The zero-order valence-corrected chi connectivity index (χ0v) is 12.1. The molecule has 0 spiro atoms. The minimum absolute atomic E-state index is 0.0516. The second-order valence-electron chi connectivity index (χ2n) is 3.55. The molecule has 0 saturated carbocycles. The number of aryl methyl sites for hydroxylation is 1.